The number of nitrogens with two attached hydrogens (primary N) is 1. The van der Waals surface area contributed by atoms with Gasteiger partial charge in [-0.05, 0) is 17.7 Å². The molecule has 9 heteroatoms. The average Bonchev–Trinajstić information content (AvgIpc) is 2.49. The molecule has 0 unspecified atom stereocenters. The van der Waals surface area contributed by atoms with E-state index in [2.05, 4.69) is 20.7 Å². The summed E-state index contributed by atoms with van der Waals surface area (Å²) in [5.74, 6) is 5.27. The van der Waals surface area contributed by atoms with Crippen LogP contribution in [0.4, 0.5) is 23.1 Å². The number of benzene rings is 1. The molecule has 1 heterocycles. The highest BCUT2D eigenvalue weighted by atomic mass is 16.6. The largest absolute Gasteiger partial charge is 0.334 e. The Morgan fingerprint density at radius 1 is 1.38 bits per heavy atom. The van der Waals surface area contributed by atoms with Crippen LogP contribution in [0.3, 0.4) is 0 Å². The summed E-state index contributed by atoms with van der Waals surface area (Å²) in [5.41, 5.74) is 3.41. The fourth-order valence-corrected chi connectivity index (χ4v) is 1.60. The van der Waals surface area contributed by atoms with Crippen molar-refractivity contribution in [1.29, 1.82) is 5.26 Å². The number of nitrogens with zero attached hydrogens (tertiary/aromatic N) is 4. The van der Waals surface area contributed by atoms with Crippen molar-refractivity contribution in [2.75, 3.05) is 10.7 Å². The Morgan fingerprint density at radius 2 is 2.10 bits per heavy atom. The molecular formula is C12H11N7O2. The van der Waals surface area contributed by atoms with Gasteiger partial charge in [-0.25, -0.2) is 10.8 Å². The Morgan fingerprint density at radius 3 is 2.67 bits per heavy atom. The van der Waals surface area contributed by atoms with Crippen LogP contribution in [0.1, 0.15) is 5.56 Å². The average molecular weight is 285 g/mol. The van der Waals surface area contributed by atoms with Gasteiger partial charge in [0.2, 0.25) is 11.8 Å². The summed E-state index contributed by atoms with van der Waals surface area (Å²) >= 11 is 0. The van der Waals surface area contributed by atoms with E-state index >= 15 is 0 Å². The van der Waals surface area contributed by atoms with Crippen molar-refractivity contribution in [2.45, 2.75) is 6.42 Å². The lowest BCUT2D eigenvalue weighted by Crippen LogP contribution is -2.12. The van der Waals surface area contributed by atoms with Gasteiger partial charge in [0, 0.05) is 5.69 Å². The van der Waals surface area contributed by atoms with E-state index in [0.717, 1.165) is 11.8 Å². The van der Waals surface area contributed by atoms with Crippen molar-refractivity contribution in [3.63, 3.8) is 0 Å². The Hall–Kier alpha value is -3.25. The highest BCUT2D eigenvalue weighted by Gasteiger charge is 2.17. The summed E-state index contributed by atoms with van der Waals surface area (Å²) in [5, 5.41) is 22.4. The van der Waals surface area contributed by atoms with Crippen LogP contribution >= 0.6 is 0 Å². The van der Waals surface area contributed by atoms with E-state index in [4.69, 9.17) is 11.1 Å². The number of hydrogen-bond acceptors (Lipinski definition) is 8. The van der Waals surface area contributed by atoms with Crippen LogP contribution in [0.5, 0.6) is 0 Å². The SMILES string of the molecule is N#CCc1ccc(Nc2nc(NN)ncc2[N+](=O)[O-])cc1. The predicted octanol–water partition coefficient (Wildman–Crippen LogP) is 1.48. The molecule has 106 valence electrons. The summed E-state index contributed by atoms with van der Waals surface area (Å²) in [6, 6.07) is 8.95. The number of aromatic nitrogens is 2. The van der Waals surface area contributed by atoms with E-state index < -0.39 is 4.92 Å². The molecule has 0 radical (unpaired) electrons. The first-order valence-corrected chi connectivity index (χ1v) is 5.85. The van der Waals surface area contributed by atoms with Crippen molar-refractivity contribution in [3.05, 3.63) is 46.1 Å². The number of nitrogens with one attached hydrogen (secondary N) is 2. The second-order valence-corrected chi connectivity index (χ2v) is 3.99. The Bertz CT molecular complexity index is 694. The molecule has 9 nitrogen and oxygen atoms in total. The van der Waals surface area contributed by atoms with Crippen LogP contribution in [0.15, 0.2) is 30.5 Å². The van der Waals surface area contributed by atoms with Crippen molar-refractivity contribution in [3.8, 4) is 6.07 Å². The van der Waals surface area contributed by atoms with Gasteiger partial charge in [0.05, 0.1) is 17.4 Å². The topological polar surface area (TPSA) is 143 Å². The van der Waals surface area contributed by atoms with Crippen molar-refractivity contribution >= 4 is 23.1 Å². The molecule has 4 N–H and O–H groups in total. The van der Waals surface area contributed by atoms with Crippen molar-refractivity contribution in [1.82, 2.24) is 9.97 Å². The van der Waals surface area contributed by atoms with Crippen LogP contribution in [0, 0.1) is 21.4 Å². The maximum Gasteiger partial charge on any atom is 0.329 e. The van der Waals surface area contributed by atoms with E-state index in [1.807, 2.05) is 6.07 Å². The van der Waals surface area contributed by atoms with E-state index in [0.29, 0.717) is 12.1 Å². The first-order valence-electron chi connectivity index (χ1n) is 5.85. The monoisotopic (exact) mass is 285 g/mol. The van der Waals surface area contributed by atoms with Crippen molar-refractivity contribution in [2.24, 2.45) is 5.84 Å². The molecule has 0 saturated carbocycles. The zero-order valence-electron chi connectivity index (χ0n) is 10.8. The number of nitro groups is 1. The number of hydrazine groups is 1. The summed E-state index contributed by atoms with van der Waals surface area (Å²) < 4.78 is 0. The number of hydrogen-bond donors (Lipinski definition) is 3. The summed E-state index contributed by atoms with van der Waals surface area (Å²) in [6.07, 6.45) is 1.36. The third-order valence-corrected chi connectivity index (χ3v) is 2.60. The second-order valence-electron chi connectivity index (χ2n) is 3.99. The fraction of sp³-hybridized carbons (Fsp3) is 0.0833. The fourth-order valence-electron chi connectivity index (χ4n) is 1.60. The maximum atomic E-state index is 10.9. The third kappa shape index (κ3) is 3.40. The Balaban J connectivity index is 2.29. The lowest BCUT2D eigenvalue weighted by atomic mass is 10.1. The molecule has 1 aromatic carbocycles. The first kappa shape index (κ1) is 14.2. The van der Waals surface area contributed by atoms with E-state index in [9.17, 15) is 10.1 Å². The molecule has 0 amide bonds. The molecule has 2 aromatic rings. The maximum absolute atomic E-state index is 10.9. The smallest absolute Gasteiger partial charge is 0.329 e. The lowest BCUT2D eigenvalue weighted by Gasteiger charge is -2.07. The minimum absolute atomic E-state index is 0.0241. The second kappa shape index (κ2) is 6.27. The molecule has 0 saturated heterocycles. The quantitative estimate of drug-likeness (QED) is 0.425. The van der Waals surface area contributed by atoms with E-state index in [-0.39, 0.29) is 17.5 Å². The minimum atomic E-state index is -0.591. The standard InChI is InChI=1S/C12H11N7O2/c13-6-5-8-1-3-9(4-2-8)16-11-10(19(20)21)7-15-12(17-11)18-14/h1-4,7H,5,14H2,(H2,15,16,17,18). The number of nitriles is 1. The van der Waals surface area contributed by atoms with Crippen LogP contribution in [-0.2, 0) is 6.42 Å². The Kier molecular flexibility index (Phi) is 4.23. The summed E-state index contributed by atoms with van der Waals surface area (Å²) in [7, 11) is 0. The summed E-state index contributed by atoms with van der Waals surface area (Å²) in [6.45, 7) is 0. The third-order valence-electron chi connectivity index (χ3n) is 2.60. The molecular weight excluding hydrogens is 274 g/mol. The molecule has 0 bridgehead atoms. The van der Waals surface area contributed by atoms with E-state index in [1.54, 1.807) is 24.3 Å². The van der Waals surface area contributed by atoms with Gasteiger partial charge in [-0.3, -0.25) is 15.5 Å². The van der Waals surface area contributed by atoms with Gasteiger partial charge in [0.1, 0.15) is 6.20 Å². The molecule has 0 atom stereocenters. The number of rotatable bonds is 5. The van der Waals surface area contributed by atoms with Gasteiger partial charge < -0.3 is 5.32 Å². The van der Waals surface area contributed by atoms with Gasteiger partial charge in [0.25, 0.3) is 0 Å². The molecule has 0 aliphatic rings. The van der Waals surface area contributed by atoms with Gasteiger partial charge >= 0.3 is 5.69 Å². The van der Waals surface area contributed by atoms with Crippen LogP contribution in [0.25, 0.3) is 0 Å². The predicted molar refractivity (Wildman–Crippen MR) is 75.5 cm³/mol. The van der Waals surface area contributed by atoms with Crippen LogP contribution in [0.2, 0.25) is 0 Å². The molecule has 0 aliphatic carbocycles. The number of anilines is 3. The van der Waals surface area contributed by atoms with Crippen LogP contribution < -0.4 is 16.6 Å². The number of nitrogen functional groups attached to an aromatic ring is 1. The van der Waals surface area contributed by atoms with Crippen molar-refractivity contribution < 1.29 is 4.92 Å². The molecule has 0 aliphatic heterocycles. The first-order chi connectivity index (χ1) is 10.1. The molecule has 0 fully saturated rings. The lowest BCUT2D eigenvalue weighted by molar-refractivity contribution is -0.384. The zero-order valence-corrected chi connectivity index (χ0v) is 10.8. The minimum Gasteiger partial charge on any atom is -0.334 e. The highest BCUT2D eigenvalue weighted by Crippen LogP contribution is 2.25. The van der Waals surface area contributed by atoms with E-state index in [1.165, 1.54) is 0 Å². The van der Waals surface area contributed by atoms with Gasteiger partial charge in [-0.1, -0.05) is 12.1 Å². The Labute approximate surface area is 119 Å². The van der Waals surface area contributed by atoms with Gasteiger partial charge in [-0.15, -0.1) is 0 Å². The zero-order chi connectivity index (χ0) is 15.2. The molecule has 2 rings (SSSR count). The molecule has 0 spiro atoms. The summed E-state index contributed by atoms with van der Waals surface area (Å²) in [4.78, 5) is 18.0. The van der Waals surface area contributed by atoms with Gasteiger partial charge in [0.15, 0.2) is 0 Å². The normalized spacial score (nSPS) is 9.71. The van der Waals surface area contributed by atoms with Crippen LogP contribution in [-0.4, -0.2) is 14.9 Å². The highest BCUT2D eigenvalue weighted by molar-refractivity contribution is 5.66. The molecule has 1 aromatic heterocycles. The van der Waals surface area contributed by atoms with Gasteiger partial charge in [-0.2, -0.15) is 10.2 Å². The molecule has 21 heavy (non-hydrogen) atoms.